The van der Waals surface area contributed by atoms with Crippen LogP contribution in [0.4, 0.5) is 5.69 Å². The van der Waals surface area contributed by atoms with Gasteiger partial charge in [0.25, 0.3) is 0 Å². The van der Waals surface area contributed by atoms with Crippen LogP contribution in [0.25, 0.3) is 0 Å². The molecular weight excluding hydrogens is 234 g/mol. The van der Waals surface area contributed by atoms with Gasteiger partial charge in [-0.2, -0.15) is 0 Å². The van der Waals surface area contributed by atoms with Crippen molar-refractivity contribution in [3.05, 3.63) is 23.8 Å². The van der Waals surface area contributed by atoms with E-state index in [1.165, 1.54) is 0 Å². The molecular formula is C12H15N3O3. The van der Waals surface area contributed by atoms with Gasteiger partial charge in [0.2, 0.25) is 11.8 Å². The molecule has 4 N–H and O–H groups in total. The van der Waals surface area contributed by atoms with E-state index in [9.17, 15) is 9.59 Å². The zero-order valence-electron chi connectivity index (χ0n) is 9.86. The van der Waals surface area contributed by atoms with Crippen LogP contribution in [0, 0.1) is 0 Å². The molecule has 1 aromatic rings. The Morgan fingerprint density at radius 3 is 2.94 bits per heavy atom. The molecule has 18 heavy (non-hydrogen) atoms. The van der Waals surface area contributed by atoms with Gasteiger partial charge < -0.3 is 21.1 Å². The van der Waals surface area contributed by atoms with Gasteiger partial charge in [-0.05, 0) is 23.8 Å². The summed E-state index contributed by atoms with van der Waals surface area (Å²) in [5, 5.41) is 5.11. The quantitative estimate of drug-likeness (QED) is 0.679. The molecule has 6 nitrogen and oxygen atoms in total. The number of hydrogen-bond donors (Lipinski definition) is 3. The molecule has 96 valence electrons. The second kappa shape index (κ2) is 5.50. The molecule has 2 amide bonds. The highest BCUT2D eigenvalue weighted by Crippen LogP contribution is 2.27. The van der Waals surface area contributed by atoms with Crippen molar-refractivity contribution < 1.29 is 14.3 Å². The van der Waals surface area contributed by atoms with Crippen molar-refractivity contribution in [3.8, 4) is 5.75 Å². The summed E-state index contributed by atoms with van der Waals surface area (Å²) in [5.41, 5.74) is 6.90. The standard InChI is InChI=1S/C12H15N3O3/c13-6-11(16)14-7-12(17)15-9-1-2-10-8(5-9)3-4-18-10/h1-2,5H,3-4,6-7,13H2,(H,14,16)(H,15,17). The van der Waals surface area contributed by atoms with Crippen LogP contribution in [0.15, 0.2) is 18.2 Å². The Kier molecular flexibility index (Phi) is 3.78. The van der Waals surface area contributed by atoms with Gasteiger partial charge >= 0.3 is 0 Å². The van der Waals surface area contributed by atoms with E-state index >= 15 is 0 Å². The summed E-state index contributed by atoms with van der Waals surface area (Å²) in [4.78, 5) is 22.4. The molecule has 6 heteroatoms. The van der Waals surface area contributed by atoms with Gasteiger partial charge in [-0.3, -0.25) is 9.59 Å². The van der Waals surface area contributed by atoms with Gasteiger partial charge in [-0.25, -0.2) is 0 Å². The molecule has 0 spiro atoms. The van der Waals surface area contributed by atoms with Crippen LogP contribution in [-0.4, -0.2) is 31.5 Å². The van der Waals surface area contributed by atoms with E-state index in [2.05, 4.69) is 10.6 Å². The van der Waals surface area contributed by atoms with E-state index in [-0.39, 0.29) is 24.9 Å². The molecule has 0 saturated heterocycles. The fourth-order valence-corrected chi connectivity index (χ4v) is 1.72. The monoisotopic (exact) mass is 249 g/mol. The molecule has 0 bridgehead atoms. The molecule has 0 radical (unpaired) electrons. The van der Waals surface area contributed by atoms with Crippen LogP contribution in [-0.2, 0) is 16.0 Å². The lowest BCUT2D eigenvalue weighted by molar-refractivity contribution is -0.123. The van der Waals surface area contributed by atoms with Gasteiger partial charge in [0.05, 0.1) is 19.7 Å². The number of nitrogens with one attached hydrogen (secondary N) is 2. The van der Waals surface area contributed by atoms with Gasteiger partial charge in [0.1, 0.15) is 5.75 Å². The predicted molar refractivity (Wildman–Crippen MR) is 66.3 cm³/mol. The molecule has 1 heterocycles. The topological polar surface area (TPSA) is 93.5 Å². The lowest BCUT2D eigenvalue weighted by Crippen LogP contribution is -2.36. The first-order valence-corrected chi connectivity index (χ1v) is 5.71. The first kappa shape index (κ1) is 12.4. The number of carbonyl (C=O) groups is 2. The third kappa shape index (κ3) is 2.98. The summed E-state index contributed by atoms with van der Waals surface area (Å²) >= 11 is 0. The zero-order chi connectivity index (χ0) is 13.0. The third-order valence-electron chi connectivity index (χ3n) is 2.60. The summed E-state index contributed by atoms with van der Waals surface area (Å²) < 4.78 is 5.37. The summed E-state index contributed by atoms with van der Waals surface area (Å²) in [6.45, 7) is 0.479. The van der Waals surface area contributed by atoms with Crippen molar-refractivity contribution in [3.63, 3.8) is 0 Å². The van der Waals surface area contributed by atoms with Crippen molar-refractivity contribution in [2.24, 2.45) is 5.73 Å². The number of hydrogen-bond acceptors (Lipinski definition) is 4. The molecule has 0 aliphatic carbocycles. The third-order valence-corrected chi connectivity index (χ3v) is 2.60. The Labute approximate surface area is 104 Å². The van der Waals surface area contributed by atoms with E-state index in [0.29, 0.717) is 12.3 Å². The van der Waals surface area contributed by atoms with Gasteiger partial charge in [0.15, 0.2) is 0 Å². The van der Waals surface area contributed by atoms with Crippen molar-refractivity contribution >= 4 is 17.5 Å². The van der Waals surface area contributed by atoms with Crippen LogP contribution in [0.3, 0.4) is 0 Å². The highest BCUT2D eigenvalue weighted by molar-refractivity contribution is 5.94. The lowest BCUT2D eigenvalue weighted by atomic mass is 10.1. The number of benzene rings is 1. The molecule has 1 aliphatic rings. The number of carbonyl (C=O) groups excluding carboxylic acids is 2. The van der Waals surface area contributed by atoms with Crippen molar-refractivity contribution in [2.75, 3.05) is 25.0 Å². The normalized spacial score (nSPS) is 12.5. The summed E-state index contributed by atoms with van der Waals surface area (Å²) in [6.07, 6.45) is 0.850. The Morgan fingerprint density at radius 2 is 2.17 bits per heavy atom. The Morgan fingerprint density at radius 1 is 1.33 bits per heavy atom. The van der Waals surface area contributed by atoms with Gasteiger partial charge in [-0.15, -0.1) is 0 Å². The fraction of sp³-hybridized carbons (Fsp3) is 0.333. The van der Waals surface area contributed by atoms with E-state index in [1.54, 1.807) is 6.07 Å². The number of rotatable bonds is 4. The number of ether oxygens (including phenoxy) is 1. The molecule has 2 rings (SSSR count). The average Bonchev–Trinajstić information content (AvgIpc) is 2.83. The van der Waals surface area contributed by atoms with Gasteiger partial charge in [-0.1, -0.05) is 0 Å². The average molecular weight is 249 g/mol. The maximum Gasteiger partial charge on any atom is 0.243 e. The molecule has 0 aromatic heterocycles. The van der Waals surface area contributed by atoms with Crippen LogP contribution < -0.4 is 21.1 Å². The molecule has 0 saturated carbocycles. The molecule has 0 unspecified atom stereocenters. The van der Waals surface area contributed by atoms with Crippen LogP contribution in [0.1, 0.15) is 5.56 Å². The highest BCUT2D eigenvalue weighted by atomic mass is 16.5. The number of nitrogens with two attached hydrogens (primary N) is 1. The minimum absolute atomic E-state index is 0.0797. The maximum atomic E-state index is 11.5. The lowest BCUT2D eigenvalue weighted by Gasteiger charge is -2.07. The number of anilines is 1. The Hall–Kier alpha value is -2.08. The number of fused-ring (bicyclic) bond motifs is 1. The Balaban J connectivity index is 1.89. The summed E-state index contributed by atoms with van der Waals surface area (Å²) in [7, 11) is 0. The van der Waals surface area contributed by atoms with Crippen LogP contribution in [0.2, 0.25) is 0 Å². The highest BCUT2D eigenvalue weighted by Gasteiger charge is 2.13. The summed E-state index contributed by atoms with van der Waals surface area (Å²) in [6, 6.07) is 5.48. The first-order valence-electron chi connectivity index (χ1n) is 5.71. The van der Waals surface area contributed by atoms with Crippen LogP contribution in [0.5, 0.6) is 5.75 Å². The molecule has 1 aromatic carbocycles. The summed E-state index contributed by atoms with van der Waals surface area (Å²) in [5.74, 6) is 0.229. The van der Waals surface area contributed by atoms with Crippen molar-refractivity contribution in [1.82, 2.24) is 5.32 Å². The molecule has 0 atom stereocenters. The second-order valence-corrected chi connectivity index (χ2v) is 3.95. The first-order chi connectivity index (χ1) is 8.69. The minimum atomic E-state index is -0.354. The smallest absolute Gasteiger partial charge is 0.243 e. The van der Waals surface area contributed by atoms with E-state index < -0.39 is 0 Å². The molecule has 1 aliphatic heterocycles. The van der Waals surface area contributed by atoms with Crippen molar-refractivity contribution in [1.29, 1.82) is 0 Å². The maximum absolute atomic E-state index is 11.5. The second-order valence-electron chi connectivity index (χ2n) is 3.95. The fourth-order valence-electron chi connectivity index (χ4n) is 1.72. The van der Waals surface area contributed by atoms with Crippen molar-refractivity contribution in [2.45, 2.75) is 6.42 Å². The zero-order valence-corrected chi connectivity index (χ0v) is 9.86. The van der Waals surface area contributed by atoms with E-state index in [0.717, 1.165) is 17.7 Å². The largest absolute Gasteiger partial charge is 0.493 e. The predicted octanol–water partition coefficient (Wildman–Crippen LogP) is -0.365. The number of amides is 2. The SMILES string of the molecule is NCC(=O)NCC(=O)Nc1ccc2c(c1)CCO2. The van der Waals surface area contributed by atoms with Crippen LogP contribution >= 0.6 is 0 Å². The van der Waals surface area contributed by atoms with Gasteiger partial charge in [0, 0.05) is 12.1 Å². The molecule has 0 fully saturated rings. The Bertz CT molecular complexity index is 474. The van der Waals surface area contributed by atoms with E-state index in [4.69, 9.17) is 10.5 Å². The minimum Gasteiger partial charge on any atom is -0.493 e. The van der Waals surface area contributed by atoms with E-state index in [1.807, 2.05) is 12.1 Å².